The van der Waals surface area contributed by atoms with Crippen LogP contribution in [0.4, 0.5) is 0 Å². The van der Waals surface area contributed by atoms with E-state index in [1.54, 1.807) is 30.3 Å². The first-order chi connectivity index (χ1) is 13.7. The maximum Gasteiger partial charge on any atom is 0.303 e. The van der Waals surface area contributed by atoms with E-state index in [4.69, 9.17) is 15.6 Å². The molecule has 2 aromatic rings. The normalized spacial score (nSPS) is 16.8. The molecule has 0 heterocycles. The number of hydrogen-bond donors (Lipinski definition) is 2. The second-order valence-electron chi connectivity index (χ2n) is 7.15. The molecule has 2 atom stereocenters. The van der Waals surface area contributed by atoms with Gasteiger partial charge in [-0.05, 0) is 60.2 Å². The average molecular weight is 417 g/mol. The third-order valence-electron chi connectivity index (χ3n) is 5.27. The maximum atomic E-state index is 12.9. The van der Waals surface area contributed by atoms with Gasteiger partial charge in [0.05, 0.1) is 18.4 Å². The molecule has 0 radical (unpaired) electrons. The smallest absolute Gasteiger partial charge is 0.303 e. The molecule has 0 saturated carbocycles. The molecule has 2 unspecified atom stereocenters. The molecule has 3 N–H and O–H groups in total. The molecule has 0 spiro atoms. The third kappa shape index (κ3) is 4.49. The lowest BCUT2D eigenvalue weighted by Crippen LogP contribution is -2.38. The summed E-state index contributed by atoms with van der Waals surface area (Å²) in [5.41, 5.74) is 8.46. The molecule has 0 aromatic heterocycles. The first-order valence-electron chi connectivity index (χ1n) is 9.22. The molecule has 0 amide bonds. The summed E-state index contributed by atoms with van der Waals surface area (Å²) in [6, 6.07) is 11.3. The van der Waals surface area contributed by atoms with Crippen LogP contribution in [0.5, 0.6) is 5.75 Å². The number of rotatable bonds is 8. The zero-order valence-electron chi connectivity index (χ0n) is 16.0. The molecule has 0 saturated heterocycles. The minimum absolute atomic E-state index is 0.0666. The molecule has 7 nitrogen and oxygen atoms in total. The summed E-state index contributed by atoms with van der Waals surface area (Å²) in [5, 5.41) is 7.65. The number of sulfone groups is 1. The number of hydrogen-bond acceptors (Lipinski definition) is 6. The van der Waals surface area contributed by atoms with Crippen molar-refractivity contribution in [2.75, 3.05) is 7.11 Å². The largest absolute Gasteiger partial charge is 0.497 e. The van der Waals surface area contributed by atoms with Gasteiger partial charge in [-0.2, -0.15) is 0 Å². The van der Waals surface area contributed by atoms with Crippen LogP contribution in [0.15, 0.2) is 47.4 Å². The van der Waals surface area contributed by atoms with Crippen molar-refractivity contribution in [2.24, 2.45) is 11.7 Å². The lowest BCUT2D eigenvalue weighted by atomic mass is 10.0. The van der Waals surface area contributed by atoms with Crippen LogP contribution in [-0.2, 0) is 27.5 Å². The summed E-state index contributed by atoms with van der Waals surface area (Å²) in [7, 11) is -2.21. The summed E-state index contributed by atoms with van der Waals surface area (Å²) in [4.78, 5) is 23.0. The molecule has 8 heteroatoms. The van der Waals surface area contributed by atoms with Crippen molar-refractivity contribution in [1.29, 1.82) is 0 Å². The Labute approximate surface area is 169 Å². The first kappa shape index (κ1) is 21.0. The van der Waals surface area contributed by atoms with Crippen LogP contribution in [-0.4, -0.2) is 37.8 Å². The zero-order valence-corrected chi connectivity index (χ0v) is 16.8. The zero-order chi connectivity index (χ0) is 21.2. The Morgan fingerprint density at radius 1 is 1.10 bits per heavy atom. The maximum absolute atomic E-state index is 12.9. The van der Waals surface area contributed by atoms with Crippen LogP contribution in [0.25, 0.3) is 0 Å². The SMILES string of the molecule is COc1ccc(S(=O)(=O)C(N)C2Cc3ccc(C(=O)CCC(=O)O)cc3C2)cc1. The Bertz CT molecular complexity index is 1030. The number of Topliss-reactive ketones (excluding diaryl/α,β-unsaturated/α-hetero) is 1. The van der Waals surface area contributed by atoms with Gasteiger partial charge < -0.3 is 15.6 Å². The molecular formula is C21H23NO6S. The quantitative estimate of drug-likeness (QED) is 0.631. The van der Waals surface area contributed by atoms with E-state index in [1.165, 1.54) is 19.2 Å². The highest BCUT2D eigenvalue weighted by atomic mass is 32.2. The van der Waals surface area contributed by atoms with Crippen molar-refractivity contribution in [3.05, 3.63) is 59.2 Å². The number of carboxylic acid groups (broad SMARTS) is 1. The predicted molar refractivity (Wildman–Crippen MR) is 107 cm³/mol. The van der Waals surface area contributed by atoms with Gasteiger partial charge in [0.2, 0.25) is 0 Å². The van der Waals surface area contributed by atoms with E-state index in [9.17, 15) is 18.0 Å². The van der Waals surface area contributed by atoms with E-state index in [1.807, 2.05) is 0 Å². The lowest BCUT2D eigenvalue weighted by molar-refractivity contribution is -0.136. The molecule has 29 heavy (non-hydrogen) atoms. The molecule has 2 aromatic carbocycles. The summed E-state index contributed by atoms with van der Waals surface area (Å²) in [6.07, 6.45) is 0.674. The minimum atomic E-state index is -3.72. The number of carboxylic acids is 1. The van der Waals surface area contributed by atoms with E-state index in [-0.39, 0.29) is 29.4 Å². The van der Waals surface area contributed by atoms with Crippen LogP contribution in [0, 0.1) is 5.92 Å². The second-order valence-corrected chi connectivity index (χ2v) is 9.26. The molecule has 1 aliphatic carbocycles. The topological polar surface area (TPSA) is 124 Å². The lowest BCUT2D eigenvalue weighted by Gasteiger charge is -2.19. The van der Waals surface area contributed by atoms with E-state index in [0.717, 1.165) is 11.1 Å². The van der Waals surface area contributed by atoms with Gasteiger partial charge in [0.15, 0.2) is 15.6 Å². The van der Waals surface area contributed by atoms with E-state index in [0.29, 0.717) is 24.2 Å². The van der Waals surface area contributed by atoms with Gasteiger partial charge in [-0.25, -0.2) is 8.42 Å². The molecule has 154 valence electrons. The van der Waals surface area contributed by atoms with Crippen LogP contribution in [0.3, 0.4) is 0 Å². The highest BCUT2D eigenvalue weighted by molar-refractivity contribution is 7.92. The number of benzene rings is 2. The average Bonchev–Trinajstić information content (AvgIpc) is 3.14. The number of carbonyl (C=O) groups is 2. The van der Waals surface area contributed by atoms with Crippen molar-refractivity contribution < 1.29 is 27.9 Å². The Morgan fingerprint density at radius 3 is 2.38 bits per heavy atom. The van der Waals surface area contributed by atoms with Crippen molar-refractivity contribution >= 4 is 21.6 Å². The summed E-state index contributed by atoms with van der Waals surface area (Å²) >= 11 is 0. The van der Waals surface area contributed by atoms with E-state index >= 15 is 0 Å². The van der Waals surface area contributed by atoms with Gasteiger partial charge in [-0.15, -0.1) is 0 Å². The number of ether oxygens (including phenoxy) is 1. The molecule has 1 aliphatic rings. The van der Waals surface area contributed by atoms with Crippen molar-refractivity contribution in [3.63, 3.8) is 0 Å². The van der Waals surface area contributed by atoms with Crippen LogP contribution >= 0.6 is 0 Å². The Morgan fingerprint density at radius 2 is 1.76 bits per heavy atom. The summed E-state index contributed by atoms with van der Waals surface area (Å²) < 4.78 is 30.9. The number of methoxy groups -OCH3 is 1. The number of carbonyl (C=O) groups excluding carboxylic acids is 1. The van der Waals surface area contributed by atoms with Crippen molar-refractivity contribution in [3.8, 4) is 5.75 Å². The number of nitrogens with two attached hydrogens (primary N) is 1. The van der Waals surface area contributed by atoms with E-state index < -0.39 is 21.2 Å². The fourth-order valence-corrected chi connectivity index (χ4v) is 5.13. The summed E-state index contributed by atoms with van der Waals surface area (Å²) in [5.74, 6) is -1.00. The number of aliphatic carboxylic acids is 1. The molecule has 0 aliphatic heterocycles. The second kappa shape index (κ2) is 8.34. The van der Waals surface area contributed by atoms with Gasteiger partial charge >= 0.3 is 5.97 Å². The highest BCUT2D eigenvalue weighted by Gasteiger charge is 2.35. The monoisotopic (exact) mass is 417 g/mol. The van der Waals surface area contributed by atoms with Gasteiger partial charge in [-0.3, -0.25) is 9.59 Å². The molecular weight excluding hydrogens is 394 g/mol. The molecule has 0 fully saturated rings. The van der Waals surface area contributed by atoms with Gasteiger partial charge in [-0.1, -0.05) is 12.1 Å². The molecule has 3 rings (SSSR count). The first-order valence-corrected chi connectivity index (χ1v) is 10.8. The summed E-state index contributed by atoms with van der Waals surface area (Å²) in [6.45, 7) is 0. The van der Waals surface area contributed by atoms with Gasteiger partial charge in [0.1, 0.15) is 11.1 Å². The Hall–Kier alpha value is -2.71. The number of fused-ring (bicyclic) bond motifs is 1. The predicted octanol–water partition coefficient (Wildman–Crippen LogP) is 2.22. The molecule has 0 bridgehead atoms. The third-order valence-corrected chi connectivity index (χ3v) is 7.30. The fraction of sp³-hybridized carbons (Fsp3) is 0.333. The number of ketones is 1. The highest BCUT2D eigenvalue weighted by Crippen LogP contribution is 2.33. The van der Waals surface area contributed by atoms with Crippen molar-refractivity contribution in [2.45, 2.75) is 36.0 Å². The van der Waals surface area contributed by atoms with Crippen molar-refractivity contribution in [1.82, 2.24) is 0 Å². The van der Waals surface area contributed by atoms with E-state index in [2.05, 4.69) is 0 Å². The van der Waals surface area contributed by atoms with Crippen LogP contribution in [0.1, 0.15) is 34.3 Å². The van der Waals surface area contributed by atoms with Gasteiger partial charge in [0, 0.05) is 12.0 Å². The fourth-order valence-electron chi connectivity index (χ4n) is 3.60. The minimum Gasteiger partial charge on any atom is -0.497 e. The Kier molecular flexibility index (Phi) is 6.04. The Balaban J connectivity index is 1.75. The van der Waals surface area contributed by atoms with Crippen LogP contribution < -0.4 is 10.5 Å². The standard InChI is InChI=1S/C21H23NO6S/c1-28-17-4-6-18(7-5-17)29(26,27)21(22)16-10-13-2-3-14(11-15(13)12-16)19(23)8-9-20(24)25/h2-7,11,16,21H,8-10,12,22H2,1H3,(H,24,25). The van der Waals surface area contributed by atoms with Crippen LogP contribution in [0.2, 0.25) is 0 Å². The van der Waals surface area contributed by atoms with Gasteiger partial charge in [0.25, 0.3) is 0 Å².